The van der Waals surface area contributed by atoms with Crippen LogP contribution in [0.1, 0.15) is 49.5 Å². The average molecular weight is 389 g/mol. The van der Waals surface area contributed by atoms with Crippen LogP contribution in [0.25, 0.3) is 11.0 Å². The molecule has 2 aromatic carbocycles. The predicted octanol–water partition coefficient (Wildman–Crippen LogP) is 3.70. The Bertz CT molecular complexity index is 1000. The largest absolute Gasteiger partial charge is 0.342 e. The second kappa shape index (κ2) is 7.64. The summed E-state index contributed by atoms with van der Waals surface area (Å²) in [6, 6.07) is 19.2. The van der Waals surface area contributed by atoms with Crippen LogP contribution in [0.5, 0.6) is 0 Å². The van der Waals surface area contributed by atoms with Gasteiger partial charge in [-0.15, -0.1) is 0 Å². The molecule has 2 fully saturated rings. The van der Waals surface area contributed by atoms with Gasteiger partial charge >= 0.3 is 0 Å². The molecule has 2 bridgehead atoms. The number of hydrogen-bond acceptors (Lipinski definition) is 3. The van der Waals surface area contributed by atoms with Crippen molar-refractivity contribution in [1.82, 2.24) is 20.2 Å². The maximum Gasteiger partial charge on any atom is 0.221 e. The average Bonchev–Trinajstić information content (AvgIpc) is 3.26. The predicted molar refractivity (Wildman–Crippen MR) is 114 cm³/mol. The zero-order chi connectivity index (χ0) is 19.8. The fraction of sp³-hybridized carbons (Fsp3) is 0.417. The van der Waals surface area contributed by atoms with Crippen molar-refractivity contribution < 1.29 is 4.79 Å². The molecule has 0 spiro atoms. The van der Waals surface area contributed by atoms with E-state index >= 15 is 0 Å². The fourth-order valence-corrected chi connectivity index (χ4v) is 5.19. The molecular weight excluding hydrogens is 360 g/mol. The Hall–Kier alpha value is -2.66. The molecule has 3 unspecified atom stereocenters. The number of carbonyl (C=O) groups is 1. The first-order chi connectivity index (χ1) is 14.2. The third-order valence-corrected chi connectivity index (χ3v) is 6.56. The van der Waals surface area contributed by atoms with Crippen LogP contribution in [0.4, 0.5) is 0 Å². The minimum atomic E-state index is -0.250. The van der Waals surface area contributed by atoms with Gasteiger partial charge in [-0.25, -0.2) is 4.98 Å². The Morgan fingerprint density at radius 3 is 2.52 bits per heavy atom. The van der Waals surface area contributed by atoms with Crippen LogP contribution in [0.3, 0.4) is 0 Å². The lowest BCUT2D eigenvalue weighted by molar-refractivity contribution is -0.122. The van der Waals surface area contributed by atoms with E-state index in [2.05, 4.69) is 33.4 Å². The highest BCUT2D eigenvalue weighted by Gasteiger charge is 2.34. The molecule has 5 rings (SSSR count). The van der Waals surface area contributed by atoms with Gasteiger partial charge in [-0.05, 0) is 49.3 Å². The standard InChI is InChI=1S/C24H28N4O/c1-28-21-10-6-5-9-20(21)26-24(28)23(17-7-3-2-4-8-17)27-22(29)15-16-13-18-11-12-19(14-16)25-18/h2-10,16,18-19,23,25H,11-15H2,1H3,(H,27,29). The minimum Gasteiger partial charge on any atom is -0.342 e. The molecule has 5 heteroatoms. The van der Waals surface area contributed by atoms with E-state index < -0.39 is 0 Å². The van der Waals surface area contributed by atoms with Crippen LogP contribution in [0.2, 0.25) is 0 Å². The van der Waals surface area contributed by atoms with E-state index in [1.807, 2.05) is 43.4 Å². The van der Waals surface area contributed by atoms with Gasteiger partial charge in [-0.1, -0.05) is 42.5 Å². The van der Waals surface area contributed by atoms with E-state index in [9.17, 15) is 4.79 Å². The summed E-state index contributed by atoms with van der Waals surface area (Å²) in [5.74, 6) is 1.47. The van der Waals surface area contributed by atoms with Gasteiger partial charge in [0.25, 0.3) is 0 Å². The molecule has 2 saturated heterocycles. The van der Waals surface area contributed by atoms with Gasteiger partial charge < -0.3 is 15.2 Å². The first-order valence-corrected chi connectivity index (χ1v) is 10.7. The number of nitrogens with zero attached hydrogens (tertiary/aromatic N) is 2. The summed E-state index contributed by atoms with van der Waals surface area (Å²) in [5.41, 5.74) is 3.09. The van der Waals surface area contributed by atoms with Crippen molar-refractivity contribution in [3.05, 3.63) is 66.0 Å². The molecule has 0 aliphatic carbocycles. The van der Waals surface area contributed by atoms with Gasteiger partial charge in [0.1, 0.15) is 11.9 Å². The number of imidazole rings is 1. The topological polar surface area (TPSA) is 59.0 Å². The highest BCUT2D eigenvalue weighted by atomic mass is 16.1. The second-order valence-electron chi connectivity index (χ2n) is 8.61. The Labute approximate surface area is 171 Å². The lowest BCUT2D eigenvalue weighted by Gasteiger charge is -2.29. The number of aromatic nitrogens is 2. The Morgan fingerprint density at radius 1 is 1.10 bits per heavy atom. The molecule has 2 aliphatic heterocycles. The summed E-state index contributed by atoms with van der Waals surface area (Å²) in [6.07, 6.45) is 5.35. The first-order valence-electron chi connectivity index (χ1n) is 10.7. The number of benzene rings is 2. The molecule has 2 aliphatic rings. The minimum absolute atomic E-state index is 0.122. The number of nitrogens with one attached hydrogen (secondary N) is 2. The van der Waals surface area contributed by atoms with Crippen molar-refractivity contribution in [2.45, 2.75) is 50.2 Å². The van der Waals surface area contributed by atoms with Crippen molar-refractivity contribution in [3.8, 4) is 0 Å². The van der Waals surface area contributed by atoms with Gasteiger partial charge in [0, 0.05) is 25.6 Å². The van der Waals surface area contributed by atoms with Crippen LogP contribution >= 0.6 is 0 Å². The van der Waals surface area contributed by atoms with E-state index in [1.165, 1.54) is 12.8 Å². The number of fused-ring (bicyclic) bond motifs is 3. The van der Waals surface area contributed by atoms with Crippen molar-refractivity contribution in [3.63, 3.8) is 0 Å². The first kappa shape index (κ1) is 18.4. The Kier molecular flexibility index (Phi) is 4.84. The summed E-state index contributed by atoms with van der Waals surface area (Å²) in [6.45, 7) is 0. The number of aryl methyl sites for hydroxylation is 1. The quantitative estimate of drug-likeness (QED) is 0.701. The van der Waals surface area contributed by atoms with Crippen LogP contribution in [-0.2, 0) is 11.8 Å². The fourth-order valence-electron chi connectivity index (χ4n) is 5.19. The van der Waals surface area contributed by atoms with Crippen molar-refractivity contribution >= 4 is 16.9 Å². The highest BCUT2D eigenvalue weighted by Crippen LogP contribution is 2.33. The number of carbonyl (C=O) groups excluding carboxylic acids is 1. The molecule has 3 atom stereocenters. The van der Waals surface area contributed by atoms with Crippen molar-refractivity contribution in [1.29, 1.82) is 0 Å². The van der Waals surface area contributed by atoms with Gasteiger partial charge in [0.05, 0.1) is 11.0 Å². The van der Waals surface area contributed by atoms with Gasteiger partial charge in [-0.2, -0.15) is 0 Å². The number of piperidine rings is 1. The van der Waals surface area contributed by atoms with Crippen molar-refractivity contribution in [2.75, 3.05) is 0 Å². The molecule has 29 heavy (non-hydrogen) atoms. The summed E-state index contributed by atoms with van der Waals surface area (Å²) in [4.78, 5) is 17.9. The molecule has 2 N–H and O–H groups in total. The Morgan fingerprint density at radius 2 is 1.79 bits per heavy atom. The zero-order valence-corrected chi connectivity index (χ0v) is 16.8. The summed E-state index contributed by atoms with van der Waals surface area (Å²) >= 11 is 0. The number of para-hydroxylation sites is 2. The maximum atomic E-state index is 13.1. The molecule has 150 valence electrons. The lowest BCUT2D eigenvalue weighted by atomic mass is 9.89. The molecular formula is C24H28N4O. The lowest BCUT2D eigenvalue weighted by Crippen LogP contribution is -2.40. The van der Waals surface area contributed by atoms with E-state index in [-0.39, 0.29) is 11.9 Å². The molecule has 5 nitrogen and oxygen atoms in total. The molecule has 3 heterocycles. The van der Waals surface area contributed by atoms with Gasteiger partial charge in [0.2, 0.25) is 5.91 Å². The van der Waals surface area contributed by atoms with Crippen LogP contribution in [0, 0.1) is 5.92 Å². The highest BCUT2D eigenvalue weighted by molar-refractivity contribution is 5.78. The second-order valence-corrected chi connectivity index (χ2v) is 8.61. The number of rotatable bonds is 5. The molecule has 0 saturated carbocycles. The van der Waals surface area contributed by atoms with Gasteiger partial charge in [0.15, 0.2) is 0 Å². The molecule has 3 aromatic rings. The molecule has 1 amide bonds. The van der Waals surface area contributed by atoms with E-state index in [0.717, 1.165) is 35.3 Å². The van der Waals surface area contributed by atoms with Gasteiger partial charge in [-0.3, -0.25) is 4.79 Å². The molecule has 0 radical (unpaired) electrons. The maximum absolute atomic E-state index is 13.1. The summed E-state index contributed by atoms with van der Waals surface area (Å²) in [7, 11) is 2.03. The third-order valence-electron chi connectivity index (χ3n) is 6.56. The van der Waals surface area contributed by atoms with E-state index in [1.54, 1.807) is 0 Å². The smallest absolute Gasteiger partial charge is 0.221 e. The molecule has 1 aromatic heterocycles. The number of hydrogen-bond donors (Lipinski definition) is 2. The summed E-state index contributed by atoms with van der Waals surface area (Å²) in [5, 5.41) is 6.97. The monoisotopic (exact) mass is 388 g/mol. The Balaban J connectivity index is 1.40. The summed E-state index contributed by atoms with van der Waals surface area (Å²) < 4.78 is 2.10. The van der Waals surface area contributed by atoms with Crippen LogP contribution in [0.15, 0.2) is 54.6 Å². The van der Waals surface area contributed by atoms with Crippen molar-refractivity contribution in [2.24, 2.45) is 13.0 Å². The normalized spacial score (nSPS) is 24.5. The van der Waals surface area contributed by atoms with Crippen LogP contribution < -0.4 is 10.6 Å². The number of amides is 1. The van der Waals surface area contributed by atoms with E-state index in [4.69, 9.17) is 4.98 Å². The van der Waals surface area contributed by atoms with Crippen LogP contribution in [-0.4, -0.2) is 27.5 Å². The SMILES string of the molecule is Cn1c(C(NC(=O)CC2CC3CCC(C2)N3)c2ccccc2)nc2ccccc21. The third kappa shape index (κ3) is 3.67. The zero-order valence-electron chi connectivity index (χ0n) is 16.8. The van der Waals surface area contributed by atoms with E-state index in [0.29, 0.717) is 24.4 Å².